The van der Waals surface area contributed by atoms with Crippen LogP contribution in [0.4, 0.5) is 11.6 Å². The van der Waals surface area contributed by atoms with Crippen LogP contribution >= 0.6 is 0 Å². The fourth-order valence-electron chi connectivity index (χ4n) is 4.55. The molecule has 4 heterocycles. The number of hydrogen-bond acceptors (Lipinski definition) is 6. The molecule has 1 fully saturated rings. The van der Waals surface area contributed by atoms with Gasteiger partial charge in [0.2, 0.25) is 10.0 Å². The molecule has 2 aliphatic rings. The van der Waals surface area contributed by atoms with Crippen molar-refractivity contribution in [2.75, 3.05) is 21.9 Å². The molecule has 1 saturated heterocycles. The molecule has 32 heavy (non-hydrogen) atoms. The van der Waals surface area contributed by atoms with Crippen molar-refractivity contribution in [2.24, 2.45) is 5.41 Å². The Morgan fingerprint density at radius 1 is 1.28 bits per heavy atom. The summed E-state index contributed by atoms with van der Waals surface area (Å²) in [7, 11) is -3.34. The minimum absolute atomic E-state index is 0.157. The highest BCUT2D eigenvalue weighted by atomic mass is 32.2. The van der Waals surface area contributed by atoms with Crippen LogP contribution in [0.3, 0.4) is 0 Å². The maximum Gasteiger partial charge on any atom is 0.236 e. The van der Waals surface area contributed by atoms with Crippen LogP contribution in [0.2, 0.25) is 0 Å². The van der Waals surface area contributed by atoms with Gasteiger partial charge >= 0.3 is 0 Å². The number of aromatic amines is 1. The summed E-state index contributed by atoms with van der Waals surface area (Å²) in [5, 5.41) is 11.2. The average molecular weight is 453 g/mol. The zero-order valence-corrected chi connectivity index (χ0v) is 19.2. The van der Waals surface area contributed by atoms with Gasteiger partial charge in [-0.3, -0.25) is 14.4 Å². The van der Waals surface area contributed by atoms with E-state index >= 15 is 0 Å². The fraction of sp³-hybridized carbons (Fsp3) is 0.435. The number of aromatic nitrogens is 4. The smallest absolute Gasteiger partial charge is 0.236 e. The van der Waals surface area contributed by atoms with Gasteiger partial charge in [-0.15, -0.1) is 0 Å². The quantitative estimate of drug-likeness (QED) is 0.614. The summed E-state index contributed by atoms with van der Waals surface area (Å²) in [5.74, 6) is 1.22. The molecule has 0 atom stereocenters. The zero-order chi connectivity index (χ0) is 22.3. The van der Waals surface area contributed by atoms with Crippen molar-refractivity contribution in [1.82, 2.24) is 20.2 Å². The summed E-state index contributed by atoms with van der Waals surface area (Å²) >= 11 is 0. The van der Waals surface area contributed by atoms with Gasteiger partial charge in [-0.2, -0.15) is 5.10 Å². The summed E-state index contributed by atoms with van der Waals surface area (Å²) in [6.07, 6.45) is 7.15. The van der Waals surface area contributed by atoms with E-state index in [4.69, 9.17) is 0 Å². The molecular formula is C23H28N6O2S. The van der Waals surface area contributed by atoms with Crippen molar-refractivity contribution in [2.45, 2.75) is 46.1 Å². The van der Waals surface area contributed by atoms with Crippen LogP contribution in [0, 0.1) is 5.41 Å². The maximum atomic E-state index is 12.6. The highest BCUT2D eigenvalue weighted by Gasteiger charge is 2.32. The van der Waals surface area contributed by atoms with Crippen LogP contribution in [0.15, 0.2) is 36.7 Å². The number of fused-ring (bicyclic) bond motifs is 1. The largest absolute Gasteiger partial charge is 0.366 e. The molecular weight excluding hydrogens is 424 g/mol. The van der Waals surface area contributed by atoms with Crippen molar-refractivity contribution in [1.29, 1.82) is 0 Å². The van der Waals surface area contributed by atoms with Gasteiger partial charge in [-0.25, -0.2) is 13.4 Å². The van der Waals surface area contributed by atoms with Crippen LogP contribution in [0.25, 0.3) is 11.3 Å². The molecule has 8 nitrogen and oxygen atoms in total. The summed E-state index contributed by atoms with van der Waals surface area (Å²) in [4.78, 5) is 8.80. The minimum Gasteiger partial charge on any atom is -0.366 e. The maximum absolute atomic E-state index is 12.6. The Morgan fingerprint density at radius 3 is 2.91 bits per heavy atom. The highest BCUT2D eigenvalue weighted by molar-refractivity contribution is 7.93. The van der Waals surface area contributed by atoms with E-state index in [1.165, 1.54) is 15.6 Å². The van der Waals surface area contributed by atoms with Gasteiger partial charge in [0.25, 0.3) is 0 Å². The van der Waals surface area contributed by atoms with E-state index in [1.807, 2.05) is 24.3 Å². The molecule has 0 amide bonds. The predicted octanol–water partition coefficient (Wildman–Crippen LogP) is 3.53. The third-order valence-electron chi connectivity index (χ3n) is 6.30. The van der Waals surface area contributed by atoms with Gasteiger partial charge in [0, 0.05) is 42.3 Å². The Bertz CT molecular complexity index is 1240. The zero-order valence-electron chi connectivity index (χ0n) is 18.4. The SMILES string of the molecule is CC1(C)CCc2c(-c3cc(NCc4cccnc4)nc(N4CCCS4(=O)=O)c3)n[nH]c2C1. The van der Waals surface area contributed by atoms with Gasteiger partial charge in [0.05, 0.1) is 11.4 Å². The van der Waals surface area contributed by atoms with Gasteiger partial charge < -0.3 is 5.32 Å². The van der Waals surface area contributed by atoms with E-state index in [-0.39, 0.29) is 11.2 Å². The molecule has 2 N–H and O–H groups in total. The van der Waals surface area contributed by atoms with E-state index in [0.717, 1.165) is 36.1 Å². The summed E-state index contributed by atoms with van der Waals surface area (Å²) in [6, 6.07) is 7.69. The first kappa shape index (κ1) is 20.9. The van der Waals surface area contributed by atoms with E-state index in [1.54, 1.807) is 12.4 Å². The molecule has 168 valence electrons. The second-order valence-electron chi connectivity index (χ2n) is 9.43. The third kappa shape index (κ3) is 4.09. The molecule has 9 heteroatoms. The molecule has 3 aromatic rings. The van der Waals surface area contributed by atoms with E-state index in [9.17, 15) is 8.42 Å². The van der Waals surface area contributed by atoms with Gasteiger partial charge in [-0.1, -0.05) is 19.9 Å². The number of anilines is 2. The van der Waals surface area contributed by atoms with E-state index in [0.29, 0.717) is 31.1 Å². The monoisotopic (exact) mass is 452 g/mol. The fourth-order valence-corrected chi connectivity index (χ4v) is 6.05. The third-order valence-corrected chi connectivity index (χ3v) is 8.14. The normalized spacial score (nSPS) is 19.0. The Labute approximate surface area is 188 Å². The first-order chi connectivity index (χ1) is 15.3. The van der Waals surface area contributed by atoms with Crippen molar-refractivity contribution in [3.63, 3.8) is 0 Å². The van der Waals surface area contributed by atoms with Crippen molar-refractivity contribution in [3.8, 4) is 11.3 Å². The van der Waals surface area contributed by atoms with E-state index < -0.39 is 10.0 Å². The number of H-pyrrole nitrogens is 1. The van der Waals surface area contributed by atoms with Crippen molar-refractivity contribution >= 4 is 21.7 Å². The lowest BCUT2D eigenvalue weighted by Crippen LogP contribution is -2.26. The molecule has 0 saturated carbocycles. The number of sulfonamides is 1. The minimum atomic E-state index is -3.34. The lowest BCUT2D eigenvalue weighted by molar-refractivity contribution is 0.312. The molecule has 0 unspecified atom stereocenters. The summed E-state index contributed by atoms with van der Waals surface area (Å²) in [5.41, 5.74) is 5.44. The molecule has 0 bridgehead atoms. The molecule has 3 aromatic heterocycles. The van der Waals surface area contributed by atoms with E-state index in [2.05, 4.69) is 39.3 Å². The summed E-state index contributed by atoms with van der Waals surface area (Å²) in [6.45, 7) is 5.55. The molecule has 5 rings (SSSR count). The molecule has 0 spiro atoms. The van der Waals surface area contributed by atoms with Crippen molar-refractivity contribution < 1.29 is 8.42 Å². The molecule has 0 radical (unpaired) electrons. The second kappa shape index (κ2) is 7.88. The van der Waals surface area contributed by atoms with Gasteiger partial charge in [-0.05, 0) is 54.9 Å². The number of hydrogen-bond donors (Lipinski definition) is 2. The molecule has 1 aliphatic heterocycles. The average Bonchev–Trinajstić information content (AvgIpc) is 3.34. The first-order valence-electron chi connectivity index (χ1n) is 11.0. The Hall–Kier alpha value is -2.94. The number of nitrogens with zero attached hydrogens (tertiary/aromatic N) is 4. The van der Waals surface area contributed by atoms with Crippen LogP contribution in [0.5, 0.6) is 0 Å². The Kier molecular flexibility index (Phi) is 5.16. The highest BCUT2D eigenvalue weighted by Crippen LogP contribution is 2.39. The van der Waals surface area contributed by atoms with Crippen LogP contribution in [-0.2, 0) is 29.4 Å². The second-order valence-corrected chi connectivity index (χ2v) is 11.4. The van der Waals surface area contributed by atoms with Crippen LogP contribution < -0.4 is 9.62 Å². The Morgan fingerprint density at radius 2 is 2.16 bits per heavy atom. The predicted molar refractivity (Wildman–Crippen MR) is 125 cm³/mol. The van der Waals surface area contributed by atoms with Crippen molar-refractivity contribution in [3.05, 3.63) is 53.5 Å². The van der Waals surface area contributed by atoms with Crippen LogP contribution in [0.1, 0.15) is 43.5 Å². The number of pyridine rings is 2. The number of rotatable bonds is 5. The Balaban J connectivity index is 1.53. The molecule has 0 aromatic carbocycles. The standard InChI is InChI=1S/C23H28N6O2S/c1-23(2)7-6-18-19(13-23)27-28-22(18)17-11-20(25-15-16-5-3-8-24-14-16)26-21(12-17)29-9-4-10-32(29,30)31/h3,5,8,11-12,14H,4,6-7,9-10,13,15H2,1-2H3,(H,25,26)(H,27,28). The first-order valence-corrected chi connectivity index (χ1v) is 12.6. The topological polar surface area (TPSA) is 104 Å². The molecule has 1 aliphatic carbocycles. The number of nitrogens with one attached hydrogen (secondary N) is 2. The van der Waals surface area contributed by atoms with Gasteiger partial charge in [0.1, 0.15) is 11.6 Å². The lowest BCUT2D eigenvalue weighted by Gasteiger charge is -2.29. The van der Waals surface area contributed by atoms with Crippen LogP contribution in [-0.4, -0.2) is 40.9 Å². The summed E-state index contributed by atoms with van der Waals surface area (Å²) < 4.78 is 26.6. The van der Waals surface area contributed by atoms with Gasteiger partial charge in [0.15, 0.2) is 0 Å². The lowest BCUT2D eigenvalue weighted by atomic mass is 9.76.